The first-order valence-corrected chi connectivity index (χ1v) is 2.44. The van der Waals surface area contributed by atoms with E-state index in [1.807, 2.05) is 0 Å². The highest BCUT2D eigenvalue weighted by molar-refractivity contribution is 6.38. The molecule has 0 aromatic carbocycles. The van der Waals surface area contributed by atoms with Crippen LogP contribution in [-0.2, 0) is 4.79 Å². The lowest BCUT2D eigenvalue weighted by atomic mass is 9.63. The molecular formula is C4H6B2O3. The summed E-state index contributed by atoms with van der Waals surface area (Å²) >= 11 is 0. The molecule has 0 amide bonds. The fourth-order valence-corrected chi connectivity index (χ4v) is 0.307. The minimum Gasteiger partial charge on any atom is -0.481 e. The van der Waals surface area contributed by atoms with Gasteiger partial charge in [-0.1, -0.05) is 0 Å². The van der Waals surface area contributed by atoms with Gasteiger partial charge in [0, 0.05) is 6.42 Å². The van der Waals surface area contributed by atoms with Gasteiger partial charge in [-0.2, -0.15) is 0 Å². The van der Waals surface area contributed by atoms with Gasteiger partial charge in [-0.25, -0.2) is 0 Å². The highest BCUT2D eigenvalue weighted by Crippen LogP contribution is 2.01. The van der Waals surface area contributed by atoms with Crippen LogP contribution >= 0.6 is 0 Å². The zero-order valence-corrected chi connectivity index (χ0v) is 4.87. The molecule has 0 saturated heterocycles. The molecule has 0 atom stereocenters. The molecule has 5 heteroatoms. The summed E-state index contributed by atoms with van der Waals surface area (Å²) in [4.78, 5) is 9.82. The number of carbonyl (C=O) groups is 1. The molecule has 3 nitrogen and oxygen atoms in total. The molecule has 0 aliphatic heterocycles. The number of aliphatic hydroxyl groups is 1. The van der Waals surface area contributed by atoms with Gasteiger partial charge in [-0.15, -0.1) is 0 Å². The summed E-state index contributed by atoms with van der Waals surface area (Å²) in [6.45, 7) is 0. The Morgan fingerprint density at radius 3 is 2.11 bits per heavy atom. The lowest BCUT2D eigenvalue weighted by Crippen LogP contribution is -2.29. The standard InChI is InChI=1S/C4H6B2O3/c5-4(6,9)2-1-3(7)8/h9H,1-2H2,(H,7,8). The minimum absolute atomic E-state index is 0.137. The highest BCUT2D eigenvalue weighted by atomic mass is 16.4. The maximum Gasteiger partial charge on any atom is 0.303 e. The number of carboxylic acids is 1. The Bertz CT molecular complexity index is 107. The molecule has 0 saturated carbocycles. The van der Waals surface area contributed by atoms with Crippen LogP contribution < -0.4 is 0 Å². The molecule has 0 aromatic heterocycles. The van der Waals surface area contributed by atoms with Crippen LogP contribution in [0.3, 0.4) is 0 Å². The van der Waals surface area contributed by atoms with Crippen LogP contribution in [0, 0.1) is 0 Å². The largest absolute Gasteiger partial charge is 0.481 e. The summed E-state index contributed by atoms with van der Waals surface area (Å²) in [6, 6.07) is 0. The van der Waals surface area contributed by atoms with Gasteiger partial charge in [0.2, 0.25) is 0 Å². The van der Waals surface area contributed by atoms with Crippen molar-refractivity contribution in [1.82, 2.24) is 0 Å². The van der Waals surface area contributed by atoms with Gasteiger partial charge in [0.1, 0.15) is 0 Å². The van der Waals surface area contributed by atoms with Gasteiger partial charge >= 0.3 is 5.97 Å². The van der Waals surface area contributed by atoms with Gasteiger partial charge in [-0.05, 0) is 11.8 Å². The van der Waals surface area contributed by atoms with Crippen LogP contribution in [0.4, 0.5) is 0 Å². The number of hydrogen-bond acceptors (Lipinski definition) is 2. The lowest BCUT2D eigenvalue weighted by molar-refractivity contribution is -0.137. The first-order valence-electron chi connectivity index (χ1n) is 2.44. The first kappa shape index (κ1) is 8.56. The molecule has 0 spiro atoms. The van der Waals surface area contributed by atoms with Gasteiger partial charge in [0.05, 0.1) is 15.7 Å². The third-order valence-electron chi connectivity index (χ3n) is 0.739. The van der Waals surface area contributed by atoms with Crippen LogP contribution in [0.5, 0.6) is 0 Å². The van der Waals surface area contributed by atoms with Crippen LogP contribution in [0.1, 0.15) is 12.8 Å². The fraction of sp³-hybridized carbons (Fsp3) is 0.750. The molecule has 0 aliphatic rings. The molecule has 0 rings (SSSR count). The van der Waals surface area contributed by atoms with E-state index >= 15 is 0 Å². The van der Waals surface area contributed by atoms with E-state index in [4.69, 9.17) is 25.9 Å². The number of rotatable bonds is 3. The third kappa shape index (κ3) is 7.56. The molecule has 2 N–H and O–H groups in total. The Labute approximate surface area is 55.9 Å². The summed E-state index contributed by atoms with van der Waals surface area (Å²) in [5.74, 6) is -1.02. The van der Waals surface area contributed by atoms with Crippen molar-refractivity contribution in [3.63, 3.8) is 0 Å². The van der Waals surface area contributed by atoms with E-state index < -0.39 is 11.4 Å². The second kappa shape index (κ2) is 2.92. The summed E-state index contributed by atoms with van der Waals surface area (Å²) in [7, 11) is 9.71. The number of aliphatic carboxylic acids is 1. The normalized spacial score (nSPS) is 11.2. The average Bonchev–Trinajstić information content (AvgIpc) is 1.59. The van der Waals surface area contributed by atoms with Crippen molar-refractivity contribution in [2.45, 2.75) is 18.2 Å². The summed E-state index contributed by atoms with van der Waals surface area (Å²) in [5, 5.41) is 14.8. The molecule has 0 bridgehead atoms. The Morgan fingerprint density at radius 1 is 1.56 bits per heavy atom. The Kier molecular flexibility index (Phi) is 2.77. The first-order chi connectivity index (χ1) is 3.92. The maximum absolute atomic E-state index is 9.82. The van der Waals surface area contributed by atoms with Gasteiger partial charge in [0.15, 0.2) is 0 Å². The predicted octanol–water partition coefficient (Wildman–Crippen LogP) is -1.17. The molecule has 46 valence electrons. The monoisotopic (exact) mass is 124 g/mol. The van der Waals surface area contributed by atoms with Crippen molar-refractivity contribution in [3.8, 4) is 0 Å². The van der Waals surface area contributed by atoms with E-state index in [2.05, 4.69) is 0 Å². The van der Waals surface area contributed by atoms with E-state index in [1.54, 1.807) is 0 Å². The van der Waals surface area contributed by atoms with E-state index in [0.717, 1.165) is 0 Å². The molecule has 0 aliphatic carbocycles. The molecule has 4 radical (unpaired) electrons. The van der Waals surface area contributed by atoms with Crippen molar-refractivity contribution in [2.24, 2.45) is 0 Å². The maximum atomic E-state index is 9.82. The predicted molar refractivity (Wildman–Crippen MR) is 33.3 cm³/mol. The summed E-state index contributed by atoms with van der Waals surface area (Å²) in [5.41, 5.74) is 0. The quantitative estimate of drug-likeness (QED) is 0.466. The molecule has 0 unspecified atom stereocenters. The van der Waals surface area contributed by atoms with E-state index in [0.29, 0.717) is 0 Å². The minimum atomic E-state index is -1.85. The van der Waals surface area contributed by atoms with Crippen molar-refractivity contribution in [1.29, 1.82) is 0 Å². The number of hydrogen-bond donors (Lipinski definition) is 2. The molecular weight excluding hydrogens is 118 g/mol. The smallest absolute Gasteiger partial charge is 0.303 e. The fourth-order valence-electron chi connectivity index (χ4n) is 0.307. The molecule has 0 fully saturated rings. The second-order valence-corrected chi connectivity index (χ2v) is 1.88. The lowest BCUT2D eigenvalue weighted by Gasteiger charge is -2.15. The topological polar surface area (TPSA) is 57.5 Å². The zero-order chi connectivity index (χ0) is 7.49. The van der Waals surface area contributed by atoms with E-state index in [9.17, 15) is 4.79 Å². The number of carboxylic acid groups (broad SMARTS) is 1. The van der Waals surface area contributed by atoms with Crippen LogP contribution in [0.2, 0.25) is 0 Å². The highest BCUT2D eigenvalue weighted by Gasteiger charge is 2.12. The van der Waals surface area contributed by atoms with Gasteiger partial charge < -0.3 is 10.2 Å². The molecule has 0 aromatic rings. The van der Waals surface area contributed by atoms with E-state index in [-0.39, 0.29) is 12.8 Å². The zero-order valence-electron chi connectivity index (χ0n) is 4.87. The summed E-state index contributed by atoms with van der Waals surface area (Å²) < 4.78 is 0. The third-order valence-corrected chi connectivity index (χ3v) is 0.739. The molecule has 0 heterocycles. The Hall–Kier alpha value is -0.440. The Morgan fingerprint density at radius 2 is 2.00 bits per heavy atom. The van der Waals surface area contributed by atoms with Crippen LogP contribution in [0.15, 0.2) is 0 Å². The second-order valence-electron chi connectivity index (χ2n) is 1.88. The van der Waals surface area contributed by atoms with Gasteiger partial charge in [0.25, 0.3) is 0 Å². The average molecular weight is 124 g/mol. The Balaban J connectivity index is 3.39. The van der Waals surface area contributed by atoms with Crippen molar-refractivity contribution >= 4 is 21.7 Å². The van der Waals surface area contributed by atoms with Crippen molar-refractivity contribution in [2.75, 3.05) is 0 Å². The van der Waals surface area contributed by atoms with Crippen LogP contribution in [0.25, 0.3) is 0 Å². The van der Waals surface area contributed by atoms with Crippen LogP contribution in [-0.4, -0.2) is 37.3 Å². The van der Waals surface area contributed by atoms with Crippen molar-refractivity contribution < 1.29 is 15.0 Å². The SMILES string of the molecule is [B]C([B])(O)CCC(=O)O. The van der Waals surface area contributed by atoms with E-state index in [1.165, 1.54) is 0 Å². The van der Waals surface area contributed by atoms with Crippen molar-refractivity contribution in [3.05, 3.63) is 0 Å². The van der Waals surface area contributed by atoms with Gasteiger partial charge in [-0.3, -0.25) is 4.79 Å². The summed E-state index contributed by atoms with van der Waals surface area (Å²) in [6.07, 6.45) is -0.355. The molecule has 9 heavy (non-hydrogen) atoms.